The highest BCUT2D eigenvalue weighted by atomic mass is 79.9. The Morgan fingerprint density at radius 3 is 2.95 bits per heavy atom. The van der Waals surface area contributed by atoms with E-state index in [4.69, 9.17) is 17.1 Å². The lowest BCUT2D eigenvalue weighted by atomic mass is 10.1. The topological polar surface area (TPSA) is 88.0 Å². The van der Waals surface area contributed by atoms with Gasteiger partial charge in [-0.05, 0) is 33.6 Å². The van der Waals surface area contributed by atoms with Crippen molar-refractivity contribution in [2.75, 3.05) is 7.11 Å². The number of carbonyl (C=O) groups is 1. The minimum Gasteiger partial charge on any atom is -0.465 e. The van der Waals surface area contributed by atoms with Gasteiger partial charge in [0, 0.05) is 21.0 Å². The third-order valence-corrected chi connectivity index (χ3v) is 3.40. The highest BCUT2D eigenvalue weighted by Gasteiger charge is 2.18. The molecule has 0 atom stereocenters. The summed E-state index contributed by atoms with van der Waals surface area (Å²) in [5.74, 6) is -0.646. The van der Waals surface area contributed by atoms with Gasteiger partial charge in [0.15, 0.2) is 0 Å². The average molecular weight is 342 g/mol. The normalized spacial score (nSPS) is 10.1. The molecule has 1 aromatic carbocycles. The molecule has 96 valence electrons. The van der Waals surface area contributed by atoms with Crippen LogP contribution in [-0.4, -0.2) is 18.1 Å². The fourth-order valence-electron chi connectivity index (χ4n) is 1.63. The molecule has 0 radical (unpaired) electrons. The number of aromatic nitrogens is 1. The molecule has 19 heavy (non-hydrogen) atoms. The van der Waals surface area contributed by atoms with E-state index in [0.29, 0.717) is 20.4 Å². The van der Waals surface area contributed by atoms with Gasteiger partial charge in [-0.15, -0.1) is 0 Å². The average Bonchev–Trinajstić information content (AvgIpc) is 2.42. The van der Waals surface area contributed by atoms with Crippen LogP contribution in [0.2, 0.25) is 5.02 Å². The van der Waals surface area contributed by atoms with Gasteiger partial charge in [-0.1, -0.05) is 16.7 Å². The zero-order valence-corrected chi connectivity index (χ0v) is 11.9. The van der Waals surface area contributed by atoms with Gasteiger partial charge in [-0.25, -0.2) is 4.79 Å². The van der Waals surface area contributed by atoms with E-state index in [-0.39, 0.29) is 11.3 Å². The lowest BCUT2D eigenvalue weighted by Gasteiger charge is -2.09. The van der Waals surface area contributed by atoms with Crippen LogP contribution in [0.5, 0.6) is 0 Å². The Morgan fingerprint density at radius 1 is 1.58 bits per heavy atom. The Morgan fingerprint density at radius 2 is 2.32 bits per heavy atom. The number of methoxy groups -OCH3 is 1. The Bertz CT molecular complexity index is 728. The number of hydrogen-bond acceptors (Lipinski definition) is 4. The molecule has 2 aromatic rings. The summed E-state index contributed by atoms with van der Waals surface area (Å²) in [6.07, 6.45) is 1.29. The van der Waals surface area contributed by atoms with Crippen molar-refractivity contribution in [2.45, 2.75) is 0 Å². The SMILES string of the molecule is COC(=O)c1cnc2c(Br)ccc(Cl)c2c1N=[N+]=[N-]. The van der Waals surface area contributed by atoms with Crippen LogP contribution >= 0.6 is 27.5 Å². The van der Waals surface area contributed by atoms with Crippen molar-refractivity contribution in [3.05, 3.63) is 43.8 Å². The van der Waals surface area contributed by atoms with Crippen LogP contribution in [0.1, 0.15) is 10.4 Å². The summed E-state index contributed by atoms with van der Waals surface area (Å²) < 4.78 is 5.30. The first-order chi connectivity index (χ1) is 9.10. The fraction of sp³-hybridized carbons (Fsp3) is 0.0909. The van der Waals surface area contributed by atoms with Crippen molar-refractivity contribution in [1.82, 2.24) is 4.98 Å². The quantitative estimate of drug-likeness (QED) is 0.351. The predicted molar refractivity (Wildman–Crippen MR) is 74.6 cm³/mol. The van der Waals surface area contributed by atoms with Crippen LogP contribution in [0.15, 0.2) is 27.9 Å². The number of hydrogen-bond donors (Lipinski definition) is 0. The molecule has 1 aromatic heterocycles. The minimum atomic E-state index is -0.646. The lowest BCUT2D eigenvalue weighted by Crippen LogP contribution is -2.03. The van der Waals surface area contributed by atoms with Gasteiger partial charge in [-0.3, -0.25) is 4.98 Å². The maximum absolute atomic E-state index is 11.6. The van der Waals surface area contributed by atoms with Crippen molar-refractivity contribution in [3.8, 4) is 0 Å². The van der Waals surface area contributed by atoms with Crippen LogP contribution in [0.3, 0.4) is 0 Å². The Balaban J connectivity index is 2.96. The number of fused-ring (bicyclic) bond motifs is 1. The number of carbonyl (C=O) groups excluding carboxylic acids is 1. The maximum Gasteiger partial charge on any atom is 0.339 e. The van der Waals surface area contributed by atoms with Gasteiger partial charge in [-0.2, -0.15) is 0 Å². The summed E-state index contributed by atoms with van der Waals surface area (Å²) in [5.41, 5.74) is 9.32. The molecule has 0 spiro atoms. The number of esters is 1. The van der Waals surface area contributed by atoms with Crippen molar-refractivity contribution in [3.63, 3.8) is 0 Å². The molecule has 0 aliphatic carbocycles. The summed E-state index contributed by atoms with van der Waals surface area (Å²) in [6, 6.07) is 3.34. The van der Waals surface area contributed by atoms with Crippen LogP contribution in [0, 0.1) is 0 Å². The van der Waals surface area contributed by atoms with E-state index < -0.39 is 5.97 Å². The molecule has 0 saturated carbocycles. The molecule has 6 nitrogen and oxygen atoms in total. The number of rotatable bonds is 2. The van der Waals surface area contributed by atoms with Crippen molar-refractivity contribution in [1.29, 1.82) is 0 Å². The van der Waals surface area contributed by atoms with Gasteiger partial charge in [0.1, 0.15) is 0 Å². The molecule has 0 aliphatic heterocycles. The van der Waals surface area contributed by atoms with Crippen LogP contribution in [0.4, 0.5) is 5.69 Å². The molecule has 0 fully saturated rings. The number of pyridine rings is 1. The lowest BCUT2D eigenvalue weighted by molar-refractivity contribution is 0.0601. The van der Waals surface area contributed by atoms with E-state index in [2.05, 4.69) is 35.7 Å². The second-order valence-electron chi connectivity index (χ2n) is 3.45. The highest BCUT2D eigenvalue weighted by Crippen LogP contribution is 2.37. The van der Waals surface area contributed by atoms with Gasteiger partial charge in [0.2, 0.25) is 0 Å². The molecule has 0 bridgehead atoms. The van der Waals surface area contributed by atoms with Crippen molar-refractivity contribution >= 4 is 50.1 Å². The van der Waals surface area contributed by atoms with E-state index >= 15 is 0 Å². The fourth-order valence-corrected chi connectivity index (χ4v) is 2.30. The smallest absolute Gasteiger partial charge is 0.339 e. The van der Waals surface area contributed by atoms with Crippen molar-refractivity contribution in [2.24, 2.45) is 5.11 Å². The van der Waals surface area contributed by atoms with Gasteiger partial charge >= 0.3 is 5.97 Å². The van der Waals surface area contributed by atoms with Crippen molar-refractivity contribution < 1.29 is 9.53 Å². The Labute approximate surface area is 121 Å². The number of benzene rings is 1. The third-order valence-electron chi connectivity index (χ3n) is 2.44. The zero-order valence-electron chi connectivity index (χ0n) is 9.59. The van der Waals surface area contributed by atoms with E-state index in [1.54, 1.807) is 12.1 Å². The summed E-state index contributed by atoms with van der Waals surface area (Å²) in [7, 11) is 1.23. The van der Waals surface area contributed by atoms with Crippen LogP contribution in [-0.2, 0) is 4.74 Å². The second-order valence-corrected chi connectivity index (χ2v) is 4.72. The number of nitrogens with zero attached hydrogens (tertiary/aromatic N) is 4. The summed E-state index contributed by atoms with van der Waals surface area (Å²) >= 11 is 9.42. The van der Waals surface area contributed by atoms with Crippen LogP contribution < -0.4 is 0 Å². The van der Waals surface area contributed by atoms with E-state index in [1.165, 1.54) is 13.3 Å². The third kappa shape index (κ3) is 2.35. The standard InChI is InChI=1S/C11H6BrClN4O2/c1-19-11(18)5-4-15-10-6(12)2-3-7(13)8(10)9(5)16-17-14/h2-4H,1H3. The number of halogens is 2. The summed E-state index contributed by atoms with van der Waals surface area (Å²) in [5, 5.41) is 4.27. The molecule has 0 amide bonds. The first-order valence-corrected chi connectivity index (χ1v) is 6.17. The maximum atomic E-state index is 11.6. The predicted octanol–water partition coefficient (Wildman–Crippen LogP) is 4.38. The molecular formula is C11H6BrClN4O2. The molecule has 1 heterocycles. The highest BCUT2D eigenvalue weighted by molar-refractivity contribution is 9.10. The molecule has 0 N–H and O–H groups in total. The first kappa shape index (κ1) is 13.6. The van der Waals surface area contributed by atoms with Gasteiger partial charge in [0.25, 0.3) is 0 Å². The molecule has 0 unspecified atom stereocenters. The van der Waals surface area contributed by atoms with Gasteiger partial charge in [0.05, 0.1) is 28.9 Å². The van der Waals surface area contributed by atoms with E-state index in [9.17, 15) is 4.79 Å². The number of azide groups is 1. The Kier molecular flexibility index (Phi) is 3.90. The number of ether oxygens (including phenoxy) is 1. The molecule has 2 rings (SSSR count). The van der Waals surface area contributed by atoms with E-state index in [1.807, 2.05) is 0 Å². The summed E-state index contributed by atoms with van der Waals surface area (Å²) in [6.45, 7) is 0. The first-order valence-electron chi connectivity index (χ1n) is 5.00. The monoisotopic (exact) mass is 340 g/mol. The van der Waals surface area contributed by atoms with Gasteiger partial charge < -0.3 is 4.74 Å². The molecule has 8 heteroatoms. The second kappa shape index (κ2) is 5.44. The largest absolute Gasteiger partial charge is 0.465 e. The van der Waals surface area contributed by atoms with E-state index in [0.717, 1.165) is 0 Å². The molecule has 0 saturated heterocycles. The minimum absolute atomic E-state index is 0.0628. The Hall–Kier alpha value is -1.82. The molecule has 0 aliphatic rings. The molecular weight excluding hydrogens is 336 g/mol. The van der Waals surface area contributed by atoms with Crippen LogP contribution in [0.25, 0.3) is 21.3 Å². The zero-order chi connectivity index (χ0) is 14.0. The summed E-state index contributed by atoms with van der Waals surface area (Å²) in [4.78, 5) is 18.5.